The molecule has 8 heteroatoms. The molecule has 0 aliphatic rings. The molecular weight excluding hydrogens is 356 g/mol. The summed E-state index contributed by atoms with van der Waals surface area (Å²) in [6, 6.07) is 0.409. The van der Waals surface area contributed by atoms with Crippen molar-refractivity contribution in [1.82, 2.24) is 0 Å². The molecule has 0 aliphatic carbocycles. The summed E-state index contributed by atoms with van der Waals surface area (Å²) in [6.07, 6.45) is 0.316. The summed E-state index contributed by atoms with van der Waals surface area (Å²) < 4.78 is 18.0. The molecule has 140 valence electrons. The van der Waals surface area contributed by atoms with Crippen LogP contribution < -0.4 is 0 Å². The molecular formula is C16H34O5Si3. The van der Waals surface area contributed by atoms with Gasteiger partial charge in [-0.3, -0.25) is 9.59 Å². The molecule has 0 saturated heterocycles. The molecule has 0 amide bonds. The molecule has 0 aromatic rings. The first-order chi connectivity index (χ1) is 10.6. The van der Waals surface area contributed by atoms with Gasteiger partial charge in [0.15, 0.2) is 14.1 Å². The van der Waals surface area contributed by atoms with Crippen molar-refractivity contribution >= 4 is 36.9 Å². The van der Waals surface area contributed by atoms with E-state index < -0.39 is 25.2 Å². The Kier molecular flexibility index (Phi) is 8.50. The number of hydrogen-bond donors (Lipinski definition) is 0. The summed E-state index contributed by atoms with van der Waals surface area (Å²) >= 11 is 0. The van der Waals surface area contributed by atoms with Crippen molar-refractivity contribution in [3.05, 3.63) is 12.2 Å². The highest BCUT2D eigenvalue weighted by atomic mass is 28.5. The number of rotatable bonds is 10. The van der Waals surface area contributed by atoms with E-state index >= 15 is 0 Å². The average molecular weight is 391 g/mol. The van der Waals surface area contributed by atoms with Crippen molar-refractivity contribution in [1.29, 1.82) is 0 Å². The number of ketones is 1. The van der Waals surface area contributed by atoms with Crippen LogP contribution >= 0.6 is 0 Å². The maximum atomic E-state index is 12.0. The van der Waals surface area contributed by atoms with Crippen LogP contribution in [0.25, 0.3) is 0 Å². The van der Waals surface area contributed by atoms with E-state index in [0.717, 1.165) is 0 Å². The van der Waals surface area contributed by atoms with Gasteiger partial charge in [0.05, 0.1) is 5.92 Å². The van der Waals surface area contributed by atoms with Crippen molar-refractivity contribution < 1.29 is 22.6 Å². The Morgan fingerprint density at radius 3 is 1.83 bits per heavy atom. The summed E-state index contributed by atoms with van der Waals surface area (Å²) in [4.78, 5) is 23.6. The van der Waals surface area contributed by atoms with E-state index in [1.54, 1.807) is 6.92 Å². The van der Waals surface area contributed by atoms with Gasteiger partial charge in [-0.05, 0) is 51.8 Å². The molecule has 0 saturated carbocycles. The van der Waals surface area contributed by atoms with Gasteiger partial charge < -0.3 is 13.0 Å². The standard InChI is InChI=1S/C16H34O5Si3/c1-13(2)15(17)11-22(5,6)20-24(9,10)21-23(7,8)12-19-16(18)14(3)4/h14H,1,11-12H2,2-10H3. The number of allylic oxidation sites excluding steroid dienone is 1. The predicted molar refractivity (Wildman–Crippen MR) is 105 cm³/mol. The number of esters is 1. The number of carbonyl (C=O) groups excluding carboxylic acids is 2. The van der Waals surface area contributed by atoms with Crippen LogP contribution in [0.5, 0.6) is 0 Å². The largest absolute Gasteiger partial charge is 0.466 e. The van der Waals surface area contributed by atoms with Crippen molar-refractivity contribution in [2.24, 2.45) is 5.92 Å². The molecule has 0 unspecified atom stereocenters. The van der Waals surface area contributed by atoms with Crippen LogP contribution in [-0.2, 0) is 22.6 Å². The highest BCUT2D eigenvalue weighted by Gasteiger charge is 2.41. The van der Waals surface area contributed by atoms with E-state index in [-0.39, 0.29) is 17.7 Å². The van der Waals surface area contributed by atoms with E-state index in [0.29, 0.717) is 17.8 Å². The monoisotopic (exact) mass is 390 g/mol. The van der Waals surface area contributed by atoms with Gasteiger partial charge in [0.25, 0.3) is 0 Å². The molecule has 0 spiro atoms. The summed E-state index contributed by atoms with van der Waals surface area (Å²) in [5, 5.41) is 0. The normalized spacial score (nSPS) is 13.1. The molecule has 0 rings (SSSR count). The minimum Gasteiger partial charge on any atom is -0.466 e. The van der Waals surface area contributed by atoms with Crippen molar-refractivity contribution in [2.45, 2.75) is 66.1 Å². The second-order valence-corrected chi connectivity index (χ2v) is 20.4. The molecule has 0 aromatic heterocycles. The molecule has 0 radical (unpaired) electrons. The van der Waals surface area contributed by atoms with Crippen LogP contribution in [0.15, 0.2) is 12.2 Å². The Bertz CT molecular complexity index is 484. The van der Waals surface area contributed by atoms with Gasteiger partial charge in [-0.1, -0.05) is 20.4 Å². The molecule has 0 fully saturated rings. The molecule has 5 nitrogen and oxygen atoms in total. The topological polar surface area (TPSA) is 61.8 Å². The van der Waals surface area contributed by atoms with E-state index in [1.807, 2.05) is 53.1 Å². The molecule has 0 aliphatic heterocycles. The Labute approximate surface area is 150 Å². The second-order valence-electron chi connectivity index (χ2n) is 8.27. The van der Waals surface area contributed by atoms with Crippen molar-refractivity contribution in [2.75, 3.05) is 6.23 Å². The van der Waals surface area contributed by atoms with Gasteiger partial charge in [0.2, 0.25) is 8.32 Å². The lowest BCUT2D eigenvalue weighted by Crippen LogP contribution is -2.54. The second kappa shape index (κ2) is 8.70. The molecule has 0 bridgehead atoms. The molecule has 24 heavy (non-hydrogen) atoms. The zero-order valence-electron chi connectivity index (χ0n) is 16.7. The lowest BCUT2D eigenvalue weighted by atomic mass is 10.2. The van der Waals surface area contributed by atoms with Gasteiger partial charge in [-0.15, -0.1) is 0 Å². The van der Waals surface area contributed by atoms with Crippen LogP contribution in [0, 0.1) is 5.92 Å². The minimum atomic E-state index is -2.42. The van der Waals surface area contributed by atoms with Crippen LogP contribution in [-0.4, -0.2) is 43.2 Å². The zero-order valence-corrected chi connectivity index (χ0v) is 19.7. The third-order valence-corrected chi connectivity index (χ3v) is 13.5. The van der Waals surface area contributed by atoms with E-state index in [1.165, 1.54) is 0 Å². The number of ether oxygens (including phenoxy) is 1. The lowest BCUT2D eigenvalue weighted by molar-refractivity contribution is -0.145. The van der Waals surface area contributed by atoms with Crippen molar-refractivity contribution in [3.8, 4) is 0 Å². The SMILES string of the molecule is C=C(C)C(=O)C[Si](C)(C)O[Si](C)(C)O[Si](C)(C)COC(=O)C(C)C. The highest BCUT2D eigenvalue weighted by Crippen LogP contribution is 2.24. The van der Waals surface area contributed by atoms with Crippen molar-refractivity contribution in [3.63, 3.8) is 0 Å². The van der Waals surface area contributed by atoms with E-state index in [9.17, 15) is 9.59 Å². The molecule has 0 N–H and O–H groups in total. The first-order valence-corrected chi connectivity index (χ1v) is 17.4. The highest BCUT2D eigenvalue weighted by molar-refractivity contribution is 6.88. The summed E-state index contributed by atoms with van der Waals surface area (Å²) in [5.41, 5.74) is 0.565. The zero-order chi connectivity index (χ0) is 19.3. The predicted octanol–water partition coefficient (Wildman–Crippen LogP) is 4.02. The maximum Gasteiger partial charge on any atom is 0.311 e. The summed E-state index contributed by atoms with van der Waals surface area (Å²) in [5.74, 6) is -0.295. The Balaban J connectivity index is 4.78. The van der Waals surface area contributed by atoms with E-state index in [4.69, 9.17) is 13.0 Å². The fourth-order valence-corrected chi connectivity index (χ4v) is 15.6. The van der Waals surface area contributed by atoms with E-state index in [2.05, 4.69) is 6.58 Å². The van der Waals surface area contributed by atoms with Gasteiger partial charge in [0.1, 0.15) is 6.23 Å². The summed E-state index contributed by atoms with van der Waals surface area (Å²) in [7, 11) is -6.81. The first kappa shape index (κ1) is 23.5. The Morgan fingerprint density at radius 2 is 1.42 bits per heavy atom. The number of hydrogen-bond acceptors (Lipinski definition) is 5. The number of carbonyl (C=O) groups is 2. The third-order valence-electron chi connectivity index (χ3n) is 3.14. The summed E-state index contributed by atoms with van der Waals surface area (Å²) in [6.45, 7) is 21.1. The van der Waals surface area contributed by atoms with Gasteiger partial charge >= 0.3 is 14.5 Å². The average Bonchev–Trinajstić information content (AvgIpc) is 2.31. The van der Waals surface area contributed by atoms with Gasteiger partial charge in [0, 0.05) is 6.04 Å². The van der Waals surface area contributed by atoms with Crippen LogP contribution in [0.4, 0.5) is 0 Å². The smallest absolute Gasteiger partial charge is 0.311 e. The van der Waals surface area contributed by atoms with Gasteiger partial charge in [-0.25, -0.2) is 0 Å². The maximum absolute atomic E-state index is 12.0. The quantitative estimate of drug-likeness (QED) is 0.320. The molecule has 0 atom stereocenters. The lowest BCUT2D eigenvalue weighted by Gasteiger charge is -2.38. The fraction of sp³-hybridized carbons (Fsp3) is 0.750. The fourth-order valence-electron chi connectivity index (χ4n) is 2.37. The first-order valence-electron chi connectivity index (χ1n) is 8.33. The van der Waals surface area contributed by atoms with Crippen LogP contribution in [0.3, 0.4) is 0 Å². The Hall–Kier alpha value is -0.549. The van der Waals surface area contributed by atoms with Crippen LogP contribution in [0.2, 0.25) is 45.3 Å². The minimum absolute atomic E-state index is 0.0545. The third kappa shape index (κ3) is 9.68. The molecule has 0 heterocycles. The Morgan fingerprint density at radius 1 is 0.958 bits per heavy atom. The molecule has 0 aromatic carbocycles. The number of Topliss-reactive ketones (excluding diaryl/α,β-unsaturated/α-hetero) is 1. The van der Waals surface area contributed by atoms with Crippen LogP contribution in [0.1, 0.15) is 20.8 Å². The van der Waals surface area contributed by atoms with Gasteiger partial charge in [-0.2, -0.15) is 0 Å².